The van der Waals surface area contributed by atoms with Crippen LogP contribution in [0.2, 0.25) is 10.0 Å². The number of thioether (sulfide) groups is 1. The Morgan fingerprint density at radius 1 is 1.12 bits per heavy atom. The maximum atomic E-state index is 11.8. The number of nitrogens with one attached hydrogen (secondary N) is 1. The molecular formula is C16H14Cl2N2O3S. The van der Waals surface area contributed by atoms with Crippen molar-refractivity contribution in [2.45, 2.75) is 12.2 Å². The van der Waals surface area contributed by atoms with Crippen molar-refractivity contribution in [2.75, 3.05) is 11.1 Å². The molecule has 0 aliphatic carbocycles. The van der Waals surface area contributed by atoms with Crippen molar-refractivity contribution in [2.24, 2.45) is 0 Å². The van der Waals surface area contributed by atoms with E-state index in [0.29, 0.717) is 27.9 Å². The minimum Gasteiger partial charge on any atom is -0.326 e. The van der Waals surface area contributed by atoms with Crippen molar-refractivity contribution in [3.05, 3.63) is 68.2 Å². The number of non-ortho nitro benzene ring substituents is 1. The number of benzene rings is 2. The smallest absolute Gasteiger partial charge is 0.269 e. The summed E-state index contributed by atoms with van der Waals surface area (Å²) >= 11 is 13.4. The summed E-state index contributed by atoms with van der Waals surface area (Å²) in [4.78, 5) is 21.9. The minimum atomic E-state index is -0.481. The van der Waals surface area contributed by atoms with E-state index in [2.05, 4.69) is 5.32 Å². The Hall–Kier alpha value is -1.76. The summed E-state index contributed by atoms with van der Waals surface area (Å²) in [6.07, 6.45) is 0.350. The van der Waals surface area contributed by atoms with Gasteiger partial charge in [0.05, 0.1) is 15.0 Å². The number of carbonyl (C=O) groups is 1. The molecule has 2 aromatic rings. The minimum absolute atomic E-state index is 0.00909. The standard InChI is InChI=1S/C16H14Cl2N2O3S/c17-14-6-1-11(9-15(14)18)10-24-8-7-16(21)19-12-2-4-13(5-3-12)20(22)23/h1-6,9H,7-8,10H2,(H,19,21). The highest BCUT2D eigenvalue weighted by molar-refractivity contribution is 7.98. The lowest BCUT2D eigenvalue weighted by molar-refractivity contribution is -0.384. The number of rotatable bonds is 7. The SMILES string of the molecule is O=C(CCSCc1ccc(Cl)c(Cl)c1)Nc1ccc([N+](=O)[O-])cc1. The van der Waals surface area contributed by atoms with E-state index >= 15 is 0 Å². The molecule has 0 saturated heterocycles. The molecule has 126 valence electrons. The van der Waals surface area contributed by atoms with E-state index in [9.17, 15) is 14.9 Å². The summed E-state index contributed by atoms with van der Waals surface area (Å²) in [5, 5.41) is 14.3. The highest BCUT2D eigenvalue weighted by Gasteiger charge is 2.07. The van der Waals surface area contributed by atoms with Gasteiger partial charge in [-0.3, -0.25) is 14.9 Å². The van der Waals surface area contributed by atoms with Crippen molar-refractivity contribution in [3.63, 3.8) is 0 Å². The van der Waals surface area contributed by atoms with Crippen LogP contribution >= 0.6 is 35.0 Å². The maximum absolute atomic E-state index is 11.8. The van der Waals surface area contributed by atoms with Gasteiger partial charge in [-0.05, 0) is 29.8 Å². The van der Waals surface area contributed by atoms with E-state index in [4.69, 9.17) is 23.2 Å². The average Bonchev–Trinajstić information content (AvgIpc) is 2.55. The summed E-state index contributed by atoms with van der Waals surface area (Å²) < 4.78 is 0. The van der Waals surface area contributed by atoms with Gasteiger partial charge in [0.25, 0.3) is 5.69 Å². The van der Waals surface area contributed by atoms with Gasteiger partial charge in [-0.25, -0.2) is 0 Å². The Bertz CT molecular complexity index is 739. The predicted octanol–water partition coefficient (Wildman–Crippen LogP) is 5.16. The van der Waals surface area contributed by atoms with Crippen LogP contribution in [-0.2, 0) is 10.5 Å². The van der Waals surface area contributed by atoms with E-state index in [0.717, 1.165) is 11.3 Å². The molecule has 0 saturated carbocycles. The monoisotopic (exact) mass is 384 g/mol. The van der Waals surface area contributed by atoms with Gasteiger partial charge >= 0.3 is 0 Å². The zero-order valence-electron chi connectivity index (χ0n) is 12.5. The molecule has 0 aromatic heterocycles. The summed E-state index contributed by atoms with van der Waals surface area (Å²) in [7, 11) is 0. The van der Waals surface area contributed by atoms with Gasteiger partial charge in [0.1, 0.15) is 0 Å². The van der Waals surface area contributed by atoms with Gasteiger partial charge < -0.3 is 5.32 Å². The Kier molecular flexibility index (Phi) is 6.90. The first-order valence-electron chi connectivity index (χ1n) is 7.01. The lowest BCUT2D eigenvalue weighted by Gasteiger charge is -2.06. The molecule has 8 heteroatoms. The Morgan fingerprint density at radius 2 is 1.83 bits per heavy atom. The molecule has 0 spiro atoms. The number of nitro groups is 1. The van der Waals surface area contributed by atoms with Crippen molar-refractivity contribution < 1.29 is 9.72 Å². The predicted molar refractivity (Wildman–Crippen MR) is 99.0 cm³/mol. The number of halogens is 2. The maximum Gasteiger partial charge on any atom is 0.269 e. The number of carbonyl (C=O) groups excluding carboxylic acids is 1. The van der Waals surface area contributed by atoms with Crippen LogP contribution in [0.1, 0.15) is 12.0 Å². The van der Waals surface area contributed by atoms with Gasteiger partial charge in [-0.15, -0.1) is 0 Å². The van der Waals surface area contributed by atoms with Crippen LogP contribution < -0.4 is 5.32 Å². The molecule has 0 atom stereocenters. The molecule has 0 heterocycles. The van der Waals surface area contributed by atoms with Gasteiger partial charge in [0.2, 0.25) is 5.91 Å². The second-order valence-corrected chi connectivity index (χ2v) is 6.82. The normalized spacial score (nSPS) is 10.4. The quantitative estimate of drug-likeness (QED) is 0.406. The van der Waals surface area contributed by atoms with E-state index in [-0.39, 0.29) is 11.6 Å². The van der Waals surface area contributed by atoms with Crippen molar-refractivity contribution in [3.8, 4) is 0 Å². The van der Waals surface area contributed by atoms with Gasteiger partial charge in [0, 0.05) is 35.7 Å². The Balaban J connectivity index is 1.73. The van der Waals surface area contributed by atoms with Crippen LogP contribution in [0, 0.1) is 10.1 Å². The Morgan fingerprint density at radius 3 is 2.46 bits per heavy atom. The first kappa shape index (κ1) is 18.6. The van der Waals surface area contributed by atoms with Crippen molar-refractivity contribution in [1.82, 2.24) is 0 Å². The lowest BCUT2D eigenvalue weighted by atomic mass is 10.2. The van der Waals surface area contributed by atoms with Crippen LogP contribution in [0.15, 0.2) is 42.5 Å². The highest BCUT2D eigenvalue weighted by Crippen LogP contribution is 2.25. The van der Waals surface area contributed by atoms with Crippen LogP contribution in [0.4, 0.5) is 11.4 Å². The fraction of sp³-hybridized carbons (Fsp3) is 0.188. The van der Waals surface area contributed by atoms with E-state index in [1.165, 1.54) is 24.3 Å². The number of anilines is 1. The first-order chi connectivity index (χ1) is 11.5. The first-order valence-corrected chi connectivity index (χ1v) is 8.93. The zero-order valence-corrected chi connectivity index (χ0v) is 14.8. The molecule has 24 heavy (non-hydrogen) atoms. The van der Waals surface area contributed by atoms with E-state index < -0.39 is 4.92 Å². The number of hydrogen-bond donors (Lipinski definition) is 1. The van der Waals surface area contributed by atoms with Gasteiger partial charge in [-0.2, -0.15) is 11.8 Å². The van der Waals surface area contributed by atoms with Gasteiger partial charge in [0.15, 0.2) is 0 Å². The fourth-order valence-corrected chi connectivity index (χ4v) is 3.08. The second kappa shape index (κ2) is 8.92. The summed E-state index contributed by atoms with van der Waals surface area (Å²) in [6, 6.07) is 11.2. The molecule has 0 fully saturated rings. The largest absolute Gasteiger partial charge is 0.326 e. The van der Waals surface area contributed by atoms with Gasteiger partial charge in [-0.1, -0.05) is 29.3 Å². The second-order valence-electron chi connectivity index (χ2n) is 4.90. The number of amides is 1. The van der Waals surface area contributed by atoms with Crippen LogP contribution in [0.25, 0.3) is 0 Å². The lowest BCUT2D eigenvalue weighted by Crippen LogP contribution is -2.12. The molecule has 5 nitrogen and oxygen atoms in total. The average molecular weight is 385 g/mol. The zero-order chi connectivity index (χ0) is 17.5. The third-order valence-corrected chi connectivity index (χ3v) is 4.86. The fourth-order valence-electron chi connectivity index (χ4n) is 1.87. The molecule has 2 rings (SSSR count). The number of nitro benzene ring substituents is 1. The molecule has 1 N–H and O–H groups in total. The molecule has 0 aliphatic rings. The Labute approximate surface area is 153 Å². The molecule has 0 aliphatic heterocycles. The molecule has 1 amide bonds. The third-order valence-electron chi connectivity index (χ3n) is 3.09. The number of hydrogen-bond acceptors (Lipinski definition) is 4. The third kappa shape index (κ3) is 5.70. The summed E-state index contributed by atoms with van der Waals surface area (Å²) in [5.41, 5.74) is 1.58. The van der Waals surface area contributed by atoms with E-state index in [1.807, 2.05) is 12.1 Å². The number of nitrogens with zero attached hydrogens (tertiary/aromatic N) is 1. The molecule has 2 aromatic carbocycles. The summed E-state index contributed by atoms with van der Waals surface area (Å²) in [5.74, 6) is 1.26. The van der Waals surface area contributed by atoms with Crippen LogP contribution in [0.5, 0.6) is 0 Å². The molecule has 0 unspecified atom stereocenters. The summed E-state index contributed by atoms with van der Waals surface area (Å²) in [6.45, 7) is 0. The van der Waals surface area contributed by atoms with Crippen LogP contribution in [-0.4, -0.2) is 16.6 Å². The van der Waals surface area contributed by atoms with E-state index in [1.54, 1.807) is 17.8 Å². The van der Waals surface area contributed by atoms with Crippen molar-refractivity contribution >= 4 is 52.2 Å². The molecular weight excluding hydrogens is 371 g/mol. The van der Waals surface area contributed by atoms with Crippen molar-refractivity contribution in [1.29, 1.82) is 0 Å². The topological polar surface area (TPSA) is 72.2 Å². The molecule has 0 bridgehead atoms. The molecule has 0 radical (unpaired) electrons. The van der Waals surface area contributed by atoms with Crippen LogP contribution in [0.3, 0.4) is 0 Å². The highest BCUT2D eigenvalue weighted by atomic mass is 35.5.